The Balaban J connectivity index is 2.61. The summed E-state index contributed by atoms with van der Waals surface area (Å²) in [5.41, 5.74) is 1.45. The Morgan fingerprint density at radius 1 is 1.25 bits per heavy atom. The molecule has 1 atom stereocenters. The molecule has 0 fully saturated rings. The summed E-state index contributed by atoms with van der Waals surface area (Å²) in [6.07, 6.45) is 3.40. The zero-order valence-electron chi connectivity index (χ0n) is 9.06. The second-order valence-electron chi connectivity index (χ2n) is 3.47. The molecule has 16 heavy (non-hydrogen) atoms. The summed E-state index contributed by atoms with van der Waals surface area (Å²) in [5.74, 6) is -0.300. The van der Waals surface area contributed by atoms with E-state index in [2.05, 4.69) is 0 Å². The lowest BCUT2D eigenvalue weighted by molar-refractivity contribution is -0.137. The van der Waals surface area contributed by atoms with Gasteiger partial charge in [0.15, 0.2) is 0 Å². The van der Waals surface area contributed by atoms with Crippen LogP contribution in [0, 0.1) is 0 Å². The average Bonchev–Trinajstić information content (AvgIpc) is 2.72. The van der Waals surface area contributed by atoms with Gasteiger partial charge in [-0.3, -0.25) is 4.79 Å². The first-order chi connectivity index (χ1) is 7.69. The third-order valence-corrected chi connectivity index (χ3v) is 2.68. The van der Waals surface area contributed by atoms with E-state index < -0.39 is 11.9 Å². The van der Waals surface area contributed by atoms with Crippen molar-refractivity contribution in [2.24, 2.45) is 0 Å². The molecule has 0 spiro atoms. The van der Waals surface area contributed by atoms with Crippen molar-refractivity contribution < 1.29 is 19.4 Å². The average molecular weight is 220 g/mol. The van der Waals surface area contributed by atoms with Crippen molar-refractivity contribution in [3.63, 3.8) is 0 Å². The molecule has 0 aromatic heterocycles. The molecule has 0 heterocycles. The van der Waals surface area contributed by atoms with E-state index in [0.29, 0.717) is 17.1 Å². The first kappa shape index (κ1) is 10.5. The Kier molecular flexibility index (Phi) is 2.56. The summed E-state index contributed by atoms with van der Waals surface area (Å²) in [5, 5.41) is 9.10. The van der Waals surface area contributed by atoms with Gasteiger partial charge in [-0.05, 0) is 12.1 Å². The van der Waals surface area contributed by atoms with E-state index >= 15 is 0 Å². The molecule has 0 saturated heterocycles. The Labute approximate surface area is 93.1 Å². The molecule has 0 bridgehead atoms. The Morgan fingerprint density at radius 3 is 2.44 bits per heavy atom. The van der Waals surface area contributed by atoms with Crippen LogP contribution in [-0.2, 0) is 4.79 Å². The molecule has 2 rings (SSSR count). The topological polar surface area (TPSA) is 55.8 Å². The van der Waals surface area contributed by atoms with Crippen LogP contribution in [0.25, 0.3) is 6.08 Å². The molecule has 1 unspecified atom stereocenters. The minimum absolute atomic E-state index is 0.577. The van der Waals surface area contributed by atoms with Crippen molar-refractivity contribution >= 4 is 12.0 Å². The Hall–Kier alpha value is -1.97. The number of benzene rings is 1. The molecule has 1 aromatic carbocycles. The standard InChI is InChI=1S/C12H12O4/c1-15-9-5-6-10(16-2)11-7(9)3-4-8(11)12(13)14/h3-6,8H,1-2H3,(H,13,14). The van der Waals surface area contributed by atoms with Gasteiger partial charge in [-0.15, -0.1) is 0 Å². The number of fused-ring (bicyclic) bond motifs is 1. The fourth-order valence-electron chi connectivity index (χ4n) is 1.94. The third-order valence-electron chi connectivity index (χ3n) is 2.68. The summed E-state index contributed by atoms with van der Waals surface area (Å²) in [4.78, 5) is 11.1. The number of carboxylic acids is 1. The number of aliphatic carboxylic acids is 1. The molecule has 1 aliphatic carbocycles. The van der Waals surface area contributed by atoms with Crippen LogP contribution in [0.1, 0.15) is 17.0 Å². The summed E-state index contributed by atoms with van der Waals surface area (Å²) in [7, 11) is 3.09. The molecule has 0 amide bonds. The second-order valence-corrected chi connectivity index (χ2v) is 3.47. The van der Waals surface area contributed by atoms with Gasteiger partial charge in [-0.1, -0.05) is 12.2 Å². The maximum atomic E-state index is 11.1. The third kappa shape index (κ3) is 1.43. The number of hydrogen-bond donors (Lipinski definition) is 1. The lowest BCUT2D eigenvalue weighted by Crippen LogP contribution is -2.09. The lowest BCUT2D eigenvalue weighted by Gasteiger charge is -2.13. The van der Waals surface area contributed by atoms with Crippen LogP contribution in [0.15, 0.2) is 18.2 Å². The Morgan fingerprint density at radius 2 is 1.88 bits per heavy atom. The van der Waals surface area contributed by atoms with E-state index in [1.165, 1.54) is 7.11 Å². The SMILES string of the molecule is COc1ccc(OC)c2c1C=CC2C(=O)O. The molecule has 4 nitrogen and oxygen atoms in total. The van der Waals surface area contributed by atoms with Crippen LogP contribution in [0.5, 0.6) is 11.5 Å². The highest BCUT2D eigenvalue weighted by atomic mass is 16.5. The van der Waals surface area contributed by atoms with Gasteiger partial charge in [0.25, 0.3) is 0 Å². The summed E-state index contributed by atoms with van der Waals surface area (Å²) in [6.45, 7) is 0. The van der Waals surface area contributed by atoms with Crippen molar-refractivity contribution in [1.29, 1.82) is 0 Å². The van der Waals surface area contributed by atoms with Crippen molar-refractivity contribution in [3.05, 3.63) is 29.3 Å². The first-order valence-electron chi connectivity index (χ1n) is 4.85. The van der Waals surface area contributed by atoms with E-state index in [9.17, 15) is 4.79 Å². The van der Waals surface area contributed by atoms with Crippen molar-refractivity contribution in [3.8, 4) is 11.5 Å². The summed E-state index contributed by atoms with van der Waals surface area (Å²) in [6, 6.07) is 3.49. The molecule has 0 radical (unpaired) electrons. The quantitative estimate of drug-likeness (QED) is 0.845. The number of rotatable bonds is 3. The minimum Gasteiger partial charge on any atom is -0.496 e. The molecular formula is C12H12O4. The van der Waals surface area contributed by atoms with E-state index in [1.54, 1.807) is 31.4 Å². The van der Waals surface area contributed by atoms with Crippen molar-refractivity contribution in [2.45, 2.75) is 5.92 Å². The van der Waals surface area contributed by atoms with Gasteiger partial charge in [0.1, 0.15) is 17.4 Å². The second kappa shape index (κ2) is 3.89. The van der Waals surface area contributed by atoms with Gasteiger partial charge in [0.05, 0.1) is 14.2 Å². The number of carbonyl (C=O) groups is 1. The van der Waals surface area contributed by atoms with E-state index in [-0.39, 0.29) is 0 Å². The van der Waals surface area contributed by atoms with Gasteiger partial charge in [-0.2, -0.15) is 0 Å². The highest BCUT2D eigenvalue weighted by Gasteiger charge is 2.29. The molecule has 4 heteroatoms. The molecule has 1 aliphatic rings. The molecule has 1 N–H and O–H groups in total. The number of ether oxygens (including phenoxy) is 2. The first-order valence-corrected chi connectivity index (χ1v) is 4.85. The number of carboxylic acid groups (broad SMARTS) is 1. The van der Waals surface area contributed by atoms with Crippen LogP contribution < -0.4 is 9.47 Å². The zero-order chi connectivity index (χ0) is 11.7. The normalized spacial score (nSPS) is 17.0. The zero-order valence-corrected chi connectivity index (χ0v) is 9.06. The molecule has 0 saturated carbocycles. The largest absolute Gasteiger partial charge is 0.496 e. The van der Waals surface area contributed by atoms with Crippen LogP contribution in [0.3, 0.4) is 0 Å². The van der Waals surface area contributed by atoms with Crippen LogP contribution in [-0.4, -0.2) is 25.3 Å². The van der Waals surface area contributed by atoms with E-state index in [1.807, 2.05) is 0 Å². The fourth-order valence-corrected chi connectivity index (χ4v) is 1.94. The number of methoxy groups -OCH3 is 2. The predicted molar refractivity (Wildman–Crippen MR) is 59.0 cm³/mol. The van der Waals surface area contributed by atoms with E-state index in [4.69, 9.17) is 14.6 Å². The highest BCUT2D eigenvalue weighted by Crippen LogP contribution is 2.41. The fraction of sp³-hybridized carbons (Fsp3) is 0.250. The minimum atomic E-state index is -0.887. The number of hydrogen-bond acceptors (Lipinski definition) is 3. The van der Waals surface area contributed by atoms with Gasteiger partial charge < -0.3 is 14.6 Å². The molecule has 84 valence electrons. The monoisotopic (exact) mass is 220 g/mol. The van der Waals surface area contributed by atoms with Gasteiger partial charge >= 0.3 is 5.97 Å². The maximum absolute atomic E-state index is 11.1. The summed E-state index contributed by atoms with van der Waals surface area (Å²) < 4.78 is 10.4. The summed E-state index contributed by atoms with van der Waals surface area (Å²) >= 11 is 0. The highest BCUT2D eigenvalue weighted by molar-refractivity contribution is 5.88. The van der Waals surface area contributed by atoms with Crippen LogP contribution in [0.2, 0.25) is 0 Å². The van der Waals surface area contributed by atoms with Crippen molar-refractivity contribution in [2.75, 3.05) is 14.2 Å². The Bertz CT molecular complexity index is 462. The van der Waals surface area contributed by atoms with Crippen molar-refractivity contribution in [1.82, 2.24) is 0 Å². The smallest absolute Gasteiger partial charge is 0.315 e. The van der Waals surface area contributed by atoms with Gasteiger partial charge in [0, 0.05) is 11.1 Å². The molecule has 0 aliphatic heterocycles. The predicted octanol–water partition coefficient (Wildman–Crippen LogP) is 1.90. The maximum Gasteiger partial charge on any atom is 0.315 e. The van der Waals surface area contributed by atoms with Crippen LogP contribution >= 0.6 is 0 Å². The van der Waals surface area contributed by atoms with Gasteiger partial charge in [0.2, 0.25) is 0 Å². The molecule has 1 aromatic rings. The van der Waals surface area contributed by atoms with Gasteiger partial charge in [-0.25, -0.2) is 0 Å². The van der Waals surface area contributed by atoms with Crippen LogP contribution in [0.4, 0.5) is 0 Å². The molecular weight excluding hydrogens is 208 g/mol. The van der Waals surface area contributed by atoms with E-state index in [0.717, 1.165) is 5.56 Å². The lowest BCUT2D eigenvalue weighted by atomic mass is 9.99.